The van der Waals surface area contributed by atoms with Crippen LogP contribution in [0.1, 0.15) is 39.1 Å². The van der Waals surface area contributed by atoms with E-state index < -0.39 is 0 Å². The predicted molar refractivity (Wildman–Crippen MR) is 98.0 cm³/mol. The molecular formula is C16H21N5S2. The van der Waals surface area contributed by atoms with E-state index in [2.05, 4.69) is 42.7 Å². The molecule has 1 atom stereocenters. The molecule has 0 saturated carbocycles. The molecule has 0 amide bonds. The van der Waals surface area contributed by atoms with Crippen molar-refractivity contribution in [2.75, 3.05) is 12.8 Å². The summed E-state index contributed by atoms with van der Waals surface area (Å²) in [7, 11) is 2.08. The molecule has 3 aromatic heterocycles. The molecule has 0 saturated heterocycles. The van der Waals surface area contributed by atoms with E-state index in [4.69, 9.17) is 10.7 Å². The Kier molecular flexibility index (Phi) is 4.35. The molecule has 3 aromatic rings. The zero-order valence-electron chi connectivity index (χ0n) is 14.0. The van der Waals surface area contributed by atoms with Gasteiger partial charge in [-0.3, -0.25) is 4.90 Å². The molecular weight excluding hydrogens is 326 g/mol. The topological polar surface area (TPSA) is 67.9 Å². The fourth-order valence-corrected chi connectivity index (χ4v) is 4.45. The Bertz CT molecular complexity index is 852. The molecule has 0 aliphatic carbocycles. The fourth-order valence-electron chi connectivity index (χ4n) is 2.54. The molecule has 122 valence electrons. The number of anilines is 1. The first-order valence-electron chi connectivity index (χ1n) is 7.51. The Morgan fingerprint density at radius 3 is 2.61 bits per heavy atom. The largest absolute Gasteiger partial charge is 0.383 e. The molecule has 0 aliphatic rings. The summed E-state index contributed by atoms with van der Waals surface area (Å²) in [6.45, 7) is 9.15. The highest BCUT2D eigenvalue weighted by atomic mass is 32.1. The summed E-state index contributed by atoms with van der Waals surface area (Å²) in [5, 5.41) is 2.09. The number of nitrogens with zero attached hydrogens (tertiary/aromatic N) is 4. The highest BCUT2D eigenvalue weighted by Crippen LogP contribution is 2.33. The van der Waals surface area contributed by atoms with Crippen LogP contribution < -0.4 is 5.73 Å². The lowest BCUT2D eigenvalue weighted by atomic mass is 10.2. The van der Waals surface area contributed by atoms with Crippen molar-refractivity contribution in [1.29, 1.82) is 0 Å². The maximum absolute atomic E-state index is 6.19. The fraction of sp³-hybridized carbons (Fsp3) is 0.438. The van der Waals surface area contributed by atoms with E-state index in [1.807, 2.05) is 13.1 Å². The molecule has 0 aromatic carbocycles. The molecule has 0 radical (unpaired) electrons. The zero-order chi connectivity index (χ0) is 16.7. The van der Waals surface area contributed by atoms with Gasteiger partial charge >= 0.3 is 0 Å². The third kappa shape index (κ3) is 3.08. The van der Waals surface area contributed by atoms with E-state index in [9.17, 15) is 0 Å². The van der Waals surface area contributed by atoms with Crippen molar-refractivity contribution < 1.29 is 0 Å². The highest BCUT2D eigenvalue weighted by molar-refractivity contribution is 7.18. The Morgan fingerprint density at radius 1 is 1.22 bits per heavy atom. The molecule has 3 heterocycles. The molecule has 1 unspecified atom stereocenters. The quantitative estimate of drug-likeness (QED) is 0.776. The summed E-state index contributed by atoms with van der Waals surface area (Å²) in [4.78, 5) is 19.3. The summed E-state index contributed by atoms with van der Waals surface area (Å²) in [5.41, 5.74) is 7.38. The second kappa shape index (κ2) is 6.14. The Labute approximate surface area is 144 Å². The maximum Gasteiger partial charge on any atom is 0.149 e. The first-order valence-corrected chi connectivity index (χ1v) is 9.14. The first kappa shape index (κ1) is 16.3. The third-order valence-electron chi connectivity index (χ3n) is 4.18. The van der Waals surface area contributed by atoms with Crippen molar-refractivity contribution >= 4 is 38.7 Å². The van der Waals surface area contributed by atoms with Crippen molar-refractivity contribution in [3.05, 3.63) is 32.3 Å². The molecule has 0 fully saturated rings. The standard InChI is InChI=1S/C16H21N5S2/c1-8-10(3)22-16-13(8)14(17)19-15(20-16)9(2)21(5)7-12-6-18-11(4)23-12/h6,9H,7H2,1-5H3,(H2,17,19,20). The number of nitrogens with two attached hydrogens (primary N) is 1. The van der Waals surface area contributed by atoms with Gasteiger partial charge in [0.15, 0.2) is 0 Å². The normalized spacial score (nSPS) is 13.1. The van der Waals surface area contributed by atoms with Crippen LogP contribution in [0.3, 0.4) is 0 Å². The van der Waals surface area contributed by atoms with Crippen molar-refractivity contribution in [2.45, 2.75) is 40.3 Å². The van der Waals surface area contributed by atoms with Crippen LogP contribution >= 0.6 is 22.7 Å². The molecule has 0 spiro atoms. The van der Waals surface area contributed by atoms with Crippen LogP contribution in [-0.4, -0.2) is 26.9 Å². The van der Waals surface area contributed by atoms with Crippen LogP contribution in [0.15, 0.2) is 6.20 Å². The van der Waals surface area contributed by atoms with Gasteiger partial charge in [0.25, 0.3) is 0 Å². The van der Waals surface area contributed by atoms with E-state index in [1.165, 1.54) is 15.3 Å². The van der Waals surface area contributed by atoms with Gasteiger partial charge < -0.3 is 5.73 Å². The summed E-state index contributed by atoms with van der Waals surface area (Å²) < 4.78 is 0. The minimum atomic E-state index is 0.0896. The van der Waals surface area contributed by atoms with Crippen LogP contribution in [0.5, 0.6) is 0 Å². The Balaban J connectivity index is 1.89. The second-order valence-electron chi connectivity index (χ2n) is 5.87. The van der Waals surface area contributed by atoms with Gasteiger partial charge in [0.1, 0.15) is 16.5 Å². The maximum atomic E-state index is 6.19. The van der Waals surface area contributed by atoms with Crippen LogP contribution in [0.25, 0.3) is 10.2 Å². The minimum absolute atomic E-state index is 0.0896. The lowest BCUT2D eigenvalue weighted by Crippen LogP contribution is -2.23. The average Bonchev–Trinajstić information content (AvgIpc) is 3.02. The Morgan fingerprint density at radius 2 is 1.96 bits per heavy atom. The minimum Gasteiger partial charge on any atom is -0.383 e. The van der Waals surface area contributed by atoms with Crippen molar-refractivity contribution in [3.8, 4) is 0 Å². The zero-order valence-corrected chi connectivity index (χ0v) is 15.7. The van der Waals surface area contributed by atoms with E-state index in [1.54, 1.807) is 22.7 Å². The lowest BCUT2D eigenvalue weighted by Gasteiger charge is -2.22. The van der Waals surface area contributed by atoms with E-state index in [0.29, 0.717) is 5.82 Å². The number of fused-ring (bicyclic) bond motifs is 1. The van der Waals surface area contributed by atoms with Crippen LogP contribution in [0, 0.1) is 20.8 Å². The number of hydrogen-bond donors (Lipinski definition) is 1. The number of hydrogen-bond acceptors (Lipinski definition) is 7. The second-order valence-corrected chi connectivity index (χ2v) is 8.39. The van der Waals surface area contributed by atoms with Gasteiger partial charge in [0, 0.05) is 22.5 Å². The summed E-state index contributed by atoms with van der Waals surface area (Å²) in [6.07, 6.45) is 1.94. The highest BCUT2D eigenvalue weighted by Gasteiger charge is 2.19. The molecule has 0 aliphatic heterocycles. The number of thiophene rings is 1. The molecule has 2 N–H and O–H groups in total. The van der Waals surface area contributed by atoms with Crippen molar-refractivity contribution in [3.63, 3.8) is 0 Å². The first-order chi connectivity index (χ1) is 10.9. The Hall–Kier alpha value is -1.57. The van der Waals surface area contributed by atoms with E-state index in [-0.39, 0.29) is 6.04 Å². The van der Waals surface area contributed by atoms with Crippen molar-refractivity contribution in [1.82, 2.24) is 19.9 Å². The van der Waals surface area contributed by atoms with Gasteiger partial charge in [-0.05, 0) is 40.3 Å². The van der Waals surface area contributed by atoms with Crippen LogP contribution in [-0.2, 0) is 6.54 Å². The monoisotopic (exact) mass is 347 g/mol. The van der Waals surface area contributed by atoms with Gasteiger partial charge in [-0.25, -0.2) is 15.0 Å². The molecule has 3 rings (SSSR count). The van der Waals surface area contributed by atoms with Gasteiger partial charge in [-0.15, -0.1) is 22.7 Å². The van der Waals surface area contributed by atoms with E-state index >= 15 is 0 Å². The van der Waals surface area contributed by atoms with Crippen molar-refractivity contribution in [2.24, 2.45) is 0 Å². The number of aryl methyl sites for hydroxylation is 3. The third-order valence-corrected chi connectivity index (χ3v) is 6.18. The van der Waals surface area contributed by atoms with Gasteiger partial charge in [-0.2, -0.15) is 0 Å². The van der Waals surface area contributed by atoms with Gasteiger partial charge in [-0.1, -0.05) is 0 Å². The summed E-state index contributed by atoms with van der Waals surface area (Å²) in [6, 6.07) is 0.0896. The van der Waals surface area contributed by atoms with E-state index in [0.717, 1.165) is 27.6 Å². The molecule has 23 heavy (non-hydrogen) atoms. The number of aromatic nitrogens is 3. The van der Waals surface area contributed by atoms with Gasteiger partial charge in [0.05, 0.1) is 16.4 Å². The summed E-state index contributed by atoms with van der Waals surface area (Å²) >= 11 is 3.41. The molecule has 5 nitrogen and oxygen atoms in total. The predicted octanol–water partition coefficient (Wildman–Crippen LogP) is 3.85. The summed E-state index contributed by atoms with van der Waals surface area (Å²) in [5.74, 6) is 1.36. The lowest BCUT2D eigenvalue weighted by molar-refractivity contribution is 0.246. The number of nitrogen functional groups attached to an aromatic ring is 1. The number of rotatable bonds is 4. The average molecular weight is 348 g/mol. The molecule has 0 bridgehead atoms. The van der Waals surface area contributed by atoms with Crippen LogP contribution in [0.4, 0.5) is 5.82 Å². The van der Waals surface area contributed by atoms with Gasteiger partial charge in [0.2, 0.25) is 0 Å². The number of thiazole rings is 1. The van der Waals surface area contributed by atoms with Crippen LogP contribution in [0.2, 0.25) is 0 Å². The SMILES string of the molecule is Cc1ncc(CN(C)C(C)c2nc(N)c3c(C)c(C)sc3n2)s1. The smallest absolute Gasteiger partial charge is 0.149 e. The molecule has 7 heteroatoms.